The molecule has 3 nitrogen and oxygen atoms in total. The highest BCUT2D eigenvalue weighted by Crippen LogP contribution is 2.56. The fraction of sp³-hybridized carbons (Fsp3) is 0.462. The second-order valence-electron chi connectivity index (χ2n) is 4.72. The minimum absolute atomic E-state index is 0. The third kappa shape index (κ3) is 2.05. The summed E-state index contributed by atoms with van der Waals surface area (Å²) in [4.78, 5) is 11.5. The molecule has 0 radical (unpaired) electrons. The molecule has 1 aromatic rings. The van der Waals surface area contributed by atoms with Crippen molar-refractivity contribution in [3.8, 4) is 0 Å². The Balaban J connectivity index is 0.00000108. The van der Waals surface area contributed by atoms with Crippen LogP contribution in [0.5, 0.6) is 0 Å². The number of amides is 1. The van der Waals surface area contributed by atoms with Gasteiger partial charge >= 0.3 is 0 Å². The lowest BCUT2D eigenvalue weighted by molar-refractivity contribution is -0.120. The Labute approximate surface area is 107 Å². The van der Waals surface area contributed by atoms with Gasteiger partial charge in [0.15, 0.2) is 0 Å². The standard InChI is InChI=1S/C13H16N2O.ClH/c1-14-7-11(16)15-13-10-6-8-4-2-3-5-9(8)12(10)13;/h2-5,10,12-14H,6-7H2,1H3,(H,15,16);1H. The largest absolute Gasteiger partial charge is 0.351 e. The molecule has 3 unspecified atom stereocenters. The van der Waals surface area contributed by atoms with Crippen molar-refractivity contribution in [2.24, 2.45) is 5.92 Å². The summed E-state index contributed by atoms with van der Waals surface area (Å²) in [5.41, 5.74) is 2.92. The molecule has 0 bridgehead atoms. The molecule has 1 aromatic carbocycles. The van der Waals surface area contributed by atoms with E-state index in [2.05, 4.69) is 34.9 Å². The van der Waals surface area contributed by atoms with Crippen LogP contribution in [0.1, 0.15) is 17.0 Å². The number of halogens is 1. The summed E-state index contributed by atoms with van der Waals surface area (Å²) in [7, 11) is 1.79. The Hall–Kier alpha value is -1.06. The summed E-state index contributed by atoms with van der Waals surface area (Å²) in [6, 6.07) is 8.97. The number of nitrogens with one attached hydrogen (secondary N) is 2. The van der Waals surface area contributed by atoms with Gasteiger partial charge in [0.25, 0.3) is 0 Å². The molecule has 1 fully saturated rings. The normalized spacial score (nSPS) is 27.7. The van der Waals surface area contributed by atoms with Crippen LogP contribution < -0.4 is 10.6 Å². The third-order valence-electron chi connectivity index (χ3n) is 3.70. The van der Waals surface area contributed by atoms with Crippen LogP contribution in [-0.2, 0) is 11.2 Å². The van der Waals surface area contributed by atoms with Gasteiger partial charge in [0.05, 0.1) is 6.54 Å². The van der Waals surface area contributed by atoms with Gasteiger partial charge in [0.2, 0.25) is 5.91 Å². The van der Waals surface area contributed by atoms with Gasteiger partial charge in [0, 0.05) is 12.0 Å². The van der Waals surface area contributed by atoms with Crippen LogP contribution >= 0.6 is 12.4 Å². The summed E-state index contributed by atoms with van der Waals surface area (Å²) < 4.78 is 0. The smallest absolute Gasteiger partial charge is 0.234 e. The van der Waals surface area contributed by atoms with Crippen LogP contribution in [0.25, 0.3) is 0 Å². The van der Waals surface area contributed by atoms with Crippen LogP contribution in [0.3, 0.4) is 0 Å². The number of carbonyl (C=O) groups is 1. The summed E-state index contributed by atoms with van der Waals surface area (Å²) in [6.07, 6.45) is 1.13. The van der Waals surface area contributed by atoms with Gasteiger partial charge in [-0.1, -0.05) is 24.3 Å². The van der Waals surface area contributed by atoms with Crippen LogP contribution in [0, 0.1) is 5.92 Å². The maximum absolute atomic E-state index is 11.5. The van der Waals surface area contributed by atoms with E-state index >= 15 is 0 Å². The summed E-state index contributed by atoms with van der Waals surface area (Å²) >= 11 is 0. The van der Waals surface area contributed by atoms with Gasteiger partial charge in [-0.25, -0.2) is 0 Å². The predicted octanol–water partition coefficient (Wildman–Crippen LogP) is 1.08. The minimum atomic E-state index is 0. The van der Waals surface area contributed by atoms with Gasteiger partial charge in [-0.3, -0.25) is 4.79 Å². The zero-order chi connectivity index (χ0) is 11.1. The fourth-order valence-electron chi connectivity index (χ4n) is 2.95. The first-order chi connectivity index (χ1) is 7.81. The van der Waals surface area contributed by atoms with Crippen LogP contribution in [0.15, 0.2) is 24.3 Å². The molecule has 0 heterocycles. The molecule has 2 N–H and O–H groups in total. The molecule has 0 spiro atoms. The quantitative estimate of drug-likeness (QED) is 0.846. The average Bonchev–Trinajstić information content (AvgIpc) is 2.80. The van der Waals surface area contributed by atoms with Crippen LogP contribution in [0.4, 0.5) is 0 Å². The molecule has 92 valence electrons. The number of likely N-dealkylation sites (N-methyl/N-ethyl adjacent to an activating group) is 1. The molecule has 17 heavy (non-hydrogen) atoms. The zero-order valence-corrected chi connectivity index (χ0v) is 10.6. The highest BCUT2D eigenvalue weighted by molar-refractivity contribution is 5.85. The van der Waals surface area contributed by atoms with Crippen molar-refractivity contribution in [2.45, 2.75) is 18.4 Å². The van der Waals surface area contributed by atoms with E-state index in [4.69, 9.17) is 0 Å². The summed E-state index contributed by atoms with van der Waals surface area (Å²) in [5, 5.41) is 5.97. The molecule has 3 rings (SSSR count). The first-order valence-corrected chi connectivity index (χ1v) is 5.83. The lowest BCUT2D eigenvalue weighted by atomic mass is 10.1. The molecule has 0 aliphatic heterocycles. The Kier molecular flexibility index (Phi) is 3.40. The first kappa shape index (κ1) is 12.4. The van der Waals surface area contributed by atoms with Gasteiger partial charge in [0.1, 0.15) is 0 Å². The number of benzene rings is 1. The monoisotopic (exact) mass is 252 g/mol. The lowest BCUT2D eigenvalue weighted by Crippen LogP contribution is -2.35. The first-order valence-electron chi connectivity index (χ1n) is 5.83. The molecular formula is C13H17ClN2O. The zero-order valence-electron chi connectivity index (χ0n) is 9.77. The van der Waals surface area contributed by atoms with E-state index in [9.17, 15) is 4.79 Å². The van der Waals surface area contributed by atoms with E-state index in [1.165, 1.54) is 11.1 Å². The van der Waals surface area contributed by atoms with E-state index in [0.717, 1.165) is 6.42 Å². The summed E-state index contributed by atoms with van der Waals surface area (Å²) in [6.45, 7) is 0.414. The van der Waals surface area contributed by atoms with Crippen molar-refractivity contribution >= 4 is 18.3 Å². The van der Waals surface area contributed by atoms with Crippen molar-refractivity contribution in [2.75, 3.05) is 13.6 Å². The third-order valence-corrected chi connectivity index (χ3v) is 3.70. The van der Waals surface area contributed by atoms with Crippen molar-refractivity contribution in [3.05, 3.63) is 35.4 Å². The van der Waals surface area contributed by atoms with E-state index < -0.39 is 0 Å². The Morgan fingerprint density at radius 2 is 2.18 bits per heavy atom. The molecule has 1 saturated carbocycles. The van der Waals surface area contributed by atoms with E-state index in [1.807, 2.05) is 0 Å². The van der Waals surface area contributed by atoms with Crippen LogP contribution in [-0.4, -0.2) is 25.5 Å². The molecule has 2 aliphatic carbocycles. The molecule has 0 saturated heterocycles. The summed E-state index contributed by atoms with van der Waals surface area (Å²) in [5.74, 6) is 1.34. The lowest BCUT2D eigenvalue weighted by Gasteiger charge is -2.09. The molecule has 3 atom stereocenters. The fourth-order valence-corrected chi connectivity index (χ4v) is 2.95. The van der Waals surface area contributed by atoms with Gasteiger partial charge in [-0.15, -0.1) is 12.4 Å². The Bertz CT molecular complexity index is 435. The van der Waals surface area contributed by atoms with E-state index in [0.29, 0.717) is 24.4 Å². The van der Waals surface area contributed by atoms with E-state index in [1.54, 1.807) is 7.05 Å². The second-order valence-corrected chi connectivity index (χ2v) is 4.72. The minimum Gasteiger partial charge on any atom is -0.351 e. The average molecular weight is 253 g/mol. The van der Waals surface area contributed by atoms with Crippen molar-refractivity contribution in [3.63, 3.8) is 0 Å². The number of carbonyl (C=O) groups excluding carboxylic acids is 1. The van der Waals surface area contributed by atoms with Crippen LogP contribution in [0.2, 0.25) is 0 Å². The number of hydrogen-bond acceptors (Lipinski definition) is 2. The van der Waals surface area contributed by atoms with Crippen molar-refractivity contribution < 1.29 is 4.79 Å². The second kappa shape index (κ2) is 4.67. The maximum Gasteiger partial charge on any atom is 0.234 e. The maximum atomic E-state index is 11.5. The highest BCUT2D eigenvalue weighted by Gasteiger charge is 2.56. The molecule has 2 aliphatic rings. The number of hydrogen-bond donors (Lipinski definition) is 2. The van der Waals surface area contributed by atoms with Gasteiger partial charge in [-0.2, -0.15) is 0 Å². The SMILES string of the molecule is CNCC(=O)NC1C2Cc3ccccc3C21.Cl. The molecule has 4 heteroatoms. The highest BCUT2D eigenvalue weighted by atomic mass is 35.5. The van der Waals surface area contributed by atoms with Gasteiger partial charge < -0.3 is 10.6 Å². The predicted molar refractivity (Wildman–Crippen MR) is 69.5 cm³/mol. The van der Waals surface area contributed by atoms with Crippen molar-refractivity contribution in [1.29, 1.82) is 0 Å². The Morgan fingerprint density at radius 1 is 1.41 bits per heavy atom. The van der Waals surface area contributed by atoms with E-state index in [-0.39, 0.29) is 18.3 Å². The Morgan fingerprint density at radius 3 is 2.94 bits per heavy atom. The molecule has 0 aromatic heterocycles. The topological polar surface area (TPSA) is 41.1 Å². The van der Waals surface area contributed by atoms with Gasteiger partial charge in [-0.05, 0) is 30.5 Å². The molecular weight excluding hydrogens is 236 g/mol. The number of fused-ring (bicyclic) bond motifs is 3. The molecule has 1 amide bonds. The van der Waals surface area contributed by atoms with Crippen molar-refractivity contribution in [1.82, 2.24) is 10.6 Å². The number of rotatable bonds is 3.